The molecular formula is C14H17FN2. The van der Waals surface area contributed by atoms with E-state index in [1.807, 2.05) is 31.4 Å². The lowest BCUT2D eigenvalue weighted by Crippen LogP contribution is -2.19. The highest BCUT2D eigenvalue weighted by Gasteiger charge is 2.05. The van der Waals surface area contributed by atoms with Crippen molar-refractivity contribution >= 4 is 0 Å². The van der Waals surface area contributed by atoms with E-state index in [1.165, 1.54) is 17.8 Å². The molecule has 0 bridgehead atoms. The molecule has 0 radical (unpaired) electrons. The normalized spacial score (nSPS) is 12.6. The summed E-state index contributed by atoms with van der Waals surface area (Å²) in [4.78, 5) is 0. The van der Waals surface area contributed by atoms with Crippen LogP contribution in [0.5, 0.6) is 0 Å². The molecule has 0 saturated heterocycles. The molecule has 2 rings (SSSR count). The van der Waals surface area contributed by atoms with Gasteiger partial charge in [0.05, 0.1) is 0 Å². The molecule has 0 spiro atoms. The predicted octanol–water partition coefficient (Wildman–Crippen LogP) is 3.02. The van der Waals surface area contributed by atoms with E-state index >= 15 is 0 Å². The van der Waals surface area contributed by atoms with E-state index in [2.05, 4.69) is 22.9 Å². The molecular weight excluding hydrogens is 215 g/mol. The topological polar surface area (TPSA) is 17.0 Å². The Hall–Kier alpha value is -1.61. The zero-order chi connectivity index (χ0) is 12.3. The average molecular weight is 232 g/mol. The predicted molar refractivity (Wildman–Crippen MR) is 67.1 cm³/mol. The summed E-state index contributed by atoms with van der Waals surface area (Å²) in [6.07, 6.45) is 2.03. The van der Waals surface area contributed by atoms with Crippen molar-refractivity contribution in [2.45, 2.75) is 19.5 Å². The molecule has 1 aromatic heterocycles. The van der Waals surface area contributed by atoms with Crippen LogP contribution in [0, 0.1) is 5.82 Å². The number of nitrogens with one attached hydrogen (secondary N) is 1. The van der Waals surface area contributed by atoms with E-state index in [0.717, 1.165) is 12.1 Å². The fraction of sp³-hybridized carbons (Fsp3) is 0.286. The Kier molecular flexibility index (Phi) is 3.59. The van der Waals surface area contributed by atoms with Crippen LogP contribution in [-0.4, -0.2) is 4.57 Å². The molecule has 3 heteroatoms. The molecule has 0 unspecified atom stereocenters. The first kappa shape index (κ1) is 11.9. The third-order valence-electron chi connectivity index (χ3n) is 3.01. The zero-order valence-electron chi connectivity index (χ0n) is 10.2. The number of halogens is 1. The van der Waals surface area contributed by atoms with Crippen LogP contribution in [0.15, 0.2) is 42.6 Å². The van der Waals surface area contributed by atoms with Gasteiger partial charge in [0.1, 0.15) is 5.82 Å². The highest BCUT2D eigenvalue weighted by Crippen LogP contribution is 2.13. The Labute approximate surface area is 101 Å². The van der Waals surface area contributed by atoms with E-state index in [0.29, 0.717) is 0 Å². The van der Waals surface area contributed by atoms with Crippen molar-refractivity contribution in [3.63, 3.8) is 0 Å². The third kappa shape index (κ3) is 2.94. The van der Waals surface area contributed by atoms with Gasteiger partial charge in [0.15, 0.2) is 0 Å². The van der Waals surface area contributed by atoms with Crippen LogP contribution in [0.1, 0.15) is 24.2 Å². The molecule has 0 aliphatic carbocycles. The lowest BCUT2D eigenvalue weighted by atomic mass is 10.1. The summed E-state index contributed by atoms with van der Waals surface area (Å²) in [5.74, 6) is -0.191. The number of aromatic nitrogens is 1. The summed E-state index contributed by atoms with van der Waals surface area (Å²) in [6.45, 7) is 2.89. The van der Waals surface area contributed by atoms with Gasteiger partial charge in [0.25, 0.3) is 0 Å². The first-order chi connectivity index (χ1) is 8.16. The number of benzene rings is 1. The SMILES string of the molecule is C[C@H](NCc1cccn1C)c1ccc(F)cc1. The van der Waals surface area contributed by atoms with Gasteiger partial charge in [-0.05, 0) is 36.8 Å². The molecule has 1 aromatic carbocycles. The molecule has 0 amide bonds. The Balaban J connectivity index is 1.95. The number of hydrogen-bond acceptors (Lipinski definition) is 1. The minimum atomic E-state index is -0.191. The molecule has 0 aliphatic heterocycles. The van der Waals surface area contributed by atoms with E-state index in [4.69, 9.17) is 0 Å². The molecule has 2 aromatic rings. The number of aryl methyl sites for hydroxylation is 1. The van der Waals surface area contributed by atoms with Crippen molar-refractivity contribution in [2.24, 2.45) is 7.05 Å². The van der Waals surface area contributed by atoms with E-state index in [-0.39, 0.29) is 11.9 Å². The maximum absolute atomic E-state index is 12.8. The summed E-state index contributed by atoms with van der Waals surface area (Å²) in [5.41, 5.74) is 2.33. The maximum Gasteiger partial charge on any atom is 0.123 e. The van der Waals surface area contributed by atoms with Crippen LogP contribution >= 0.6 is 0 Å². The standard InChI is InChI=1S/C14H17FN2/c1-11(12-5-7-13(15)8-6-12)16-10-14-4-3-9-17(14)2/h3-9,11,16H,10H2,1-2H3/t11-/m0/s1. The Bertz CT molecular complexity index is 473. The van der Waals surface area contributed by atoms with Gasteiger partial charge >= 0.3 is 0 Å². The highest BCUT2D eigenvalue weighted by atomic mass is 19.1. The molecule has 1 heterocycles. The van der Waals surface area contributed by atoms with Crippen LogP contribution < -0.4 is 5.32 Å². The molecule has 0 saturated carbocycles. The Morgan fingerprint density at radius 1 is 1.24 bits per heavy atom. The van der Waals surface area contributed by atoms with Crippen molar-refractivity contribution < 1.29 is 4.39 Å². The fourth-order valence-electron chi connectivity index (χ4n) is 1.81. The molecule has 1 atom stereocenters. The van der Waals surface area contributed by atoms with E-state index in [9.17, 15) is 4.39 Å². The smallest absolute Gasteiger partial charge is 0.123 e. The van der Waals surface area contributed by atoms with Crippen LogP contribution in [0.4, 0.5) is 4.39 Å². The van der Waals surface area contributed by atoms with Gasteiger partial charge in [-0.15, -0.1) is 0 Å². The van der Waals surface area contributed by atoms with E-state index in [1.54, 1.807) is 0 Å². The van der Waals surface area contributed by atoms with Gasteiger partial charge in [-0.25, -0.2) is 4.39 Å². The van der Waals surface area contributed by atoms with Crippen LogP contribution in [-0.2, 0) is 13.6 Å². The third-order valence-corrected chi connectivity index (χ3v) is 3.01. The van der Waals surface area contributed by atoms with Gasteiger partial charge in [0.2, 0.25) is 0 Å². The molecule has 2 nitrogen and oxygen atoms in total. The van der Waals surface area contributed by atoms with E-state index < -0.39 is 0 Å². The minimum Gasteiger partial charge on any atom is -0.353 e. The number of rotatable bonds is 4. The van der Waals surface area contributed by atoms with Crippen LogP contribution in [0.3, 0.4) is 0 Å². The Morgan fingerprint density at radius 2 is 1.94 bits per heavy atom. The van der Waals surface area contributed by atoms with Gasteiger partial charge in [-0.2, -0.15) is 0 Å². The van der Waals surface area contributed by atoms with Crippen molar-refractivity contribution in [1.82, 2.24) is 9.88 Å². The highest BCUT2D eigenvalue weighted by molar-refractivity contribution is 5.19. The van der Waals surface area contributed by atoms with Crippen molar-refractivity contribution in [3.8, 4) is 0 Å². The molecule has 0 aliphatic rings. The van der Waals surface area contributed by atoms with Gasteiger partial charge in [-0.3, -0.25) is 0 Å². The van der Waals surface area contributed by atoms with Crippen LogP contribution in [0.25, 0.3) is 0 Å². The molecule has 1 N–H and O–H groups in total. The summed E-state index contributed by atoms with van der Waals surface area (Å²) in [7, 11) is 2.03. The first-order valence-corrected chi connectivity index (χ1v) is 5.76. The lowest BCUT2D eigenvalue weighted by Gasteiger charge is -2.14. The zero-order valence-corrected chi connectivity index (χ0v) is 10.2. The summed E-state index contributed by atoms with van der Waals surface area (Å²) in [5, 5.41) is 3.42. The number of hydrogen-bond donors (Lipinski definition) is 1. The van der Waals surface area contributed by atoms with Crippen molar-refractivity contribution in [2.75, 3.05) is 0 Å². The average Bonchev–Trinajstić information content (AvgIpc) is 2.73. The summed E-state index contributed by atoms with van der Waals surface area (Å²) >= 11 is 0. The fourth-order valence-corrected chi connectivity index (χ4v) is 1.81. The maximum atomic E-state index is 12.8. The summed E-state index contributed by atoms with van der Waals surface area (Å²) < 4.78 is 14.9. The second kappa shape index (κ2) is 5.15. The largest absolute Gasteiger partial charge is 0.353 e. The number of nitrogens with zero attached hydrogens (tertiary/aromatic N) is 1. The van der Waals surface area contributed by atoms with Gasteiger partial charge in [-0.1, -0.05) is 12.1 Å². The van der Waals surface area contributed by atoms with Crippen molar-refractivity contribution in [3.05, 3.63) is 59.7 Å². The Morgan fingerprint density at radius 3 is 2.53 bits per heavy atom. The first-order valence-electron chi connectivity index (χ1n) is 5.76. The lowest BCUT2D eigenvalue weighted by molar-refractivity contribution is 0.555. The second-order valence-electron chi connectivity index (χ2n) is 4.26. The minimum absolute atomic E-state index is 0.191. The molecule has 90 valence electrons. The van der Waals surface area contributed by atoms with Crippen molar-refractivity contribution in [1.29, 1.82) is 0 Å². The van der Waals surface area contributed by atoms with Gasteiger partial charge in [0, 0.05) is 31.5 Å². The summed E-state index contributed by atoms with van der Waals surface area (Å²) in [6, 6.07) is 11.0. The monoisotopic (exact) mass is 232 g/mol. The molecule has 0 fully saturated rings. The van der Waals surface area contributed by atoms with Crippen LogP contribution in [0.2, 0.25) is 0 Å². The van der Waals surface area contributed by atoms with Gasteiger partial charge < -0.3 is 9.88 Å². The molecule has 17 heavy (non-hydrogen) atoms. The second-order valence-corrected chi connectivity index (χ2v) is 4.26. The quantitative estimate of drug-likeness (QED) is 0.857.